The van der Waals surface area contributed by atoms with E-state index in [-0.39, 0.29) is 24.4 Å². The number of likely N-dealkylation sites (tertiary alicyclic amines) is 1. The summed E-state index contributed by atoms with van der Waals surface area (Å²) in [5.41, 5.74) is 4.74. The van der Waals surface area contributed by atoms with Crippen molar-refractivity contribution in [2.45, 2.75) is 50.6 Å². The third kappa shape index (κ3) is 3.09. The van der Waals surface area contributed by atoms with Crippen molar-refractivity contribution in [1.82, 2.24) is 15.5 Å². The van der Waals surface area contributed by atoms with Crippen molar-refractivity contribution in [2.24, 2.45) is 5.73 Å². The fourth-order valence-electron chi connectivity index (χ4n) is 2.82. The van der Waals surface area contributed by atoms with Crippen LogP contribution >= 0.6 is 0 Å². The van der Waals surface area contributed by atoms with Crippen molar-refractivity contribution in [3.05, 3.63) is 0 Å². The Balaban J connectivity index is 1.92. The van der Waals surface area contributed by atoms with E-state index in [2.05, 4.69) is 10.6 Å². The molecule has 112 valence electrons. The van der Waals surface area contributed by atoms with E-state index < -0.39 is 11.6 Å². The molecule has 7 nitrogen and oxygen atoms in total. The summed E-state index contributed by atoms with van der Waals surface area (Å²) >= 11 is 0. The van der Waals surface area contributed by atoms with Crippen LogP contribution in [0.2, 0.25) is 0 Å². The summed E-state index contributed by atoms with van der Waals surface area (Å²) in [5, 5.41) is 4.92. The number of imide groups is 1. The van der Waals surface area contributed by atoms with Crippen LogP contribution in [-0.2, 0) is 9.59 Å². The van der Waals surface area contributed by atoms with E-state index in [4.69, 9.17) is 5.73 Å². The highest BCUT2D eigenvalue weighted by atomic mass is 16.2. The molecular weight excluding hydrogens is 260 g/mol. The number of rotatable bonds is 4. The summed E-state index contributed by atoms with van der Waals surface area (Å²) in [4.78, 5) is 37.0. The normalized spacial score (nSPS) is 27.4. The van der Waals surface area contributed by atoms with Gasteiger partial charge in [0.1, 0.15) is 5.54 Å². The molecule has 0 radical (unpaired) electrons. The van der Waals surface area contributed by atoms with Crippen molar-refractivity contribution < 1.29 is 14.4 Å². The Morgan fingerprint density at radius 1 is 1.50 bits per heavy atom. The Bertz CT molecular complexity index is 424. The number of nitrogens with one attached hydrogen (secondary N) is 2. The number of urea groups is 1. The van der Waals surface area contributed by atoms with Gasteiger partial charge in [-0.25, -0.2) is 4.79 Å². The van der Waals surface area contributed by atoms with Crippen LogP contribution in [0.25, 0.3) is 0 Å². The number of piperidine rings is 1. The number of hydrogen-bond acceptors (Lipinski definition) is 4. The minimum atomic E-state index is -0.924. The summed E-state index contributed by atoms with van der Waals surface area (Å²) in [7, 11) is 0. The Morgan fingerprint density at radius 3 is 2.85 bits per heavy atom. The van der Waals surface area contributed by atoms with E-state index in [9.17, 15) is 14.4 Å². The lowest BCUT2D eigenvalue weighted by Gasteiger charge is -2.38. The molecule has 2 aliphatic heterocycles. The minimum Gasteiger partial charge on any atom is -0.340 e. The quantitative estimate of drug-likeness (QED) is 0.616. The lowest BCUT2D eigenvalue weighted by atomic mass is 9.89. The van der Waals surface area contributed by atoms with Gasteiger partial charge in [-0.3, -0.25) is 14.9 Å². The van der Waals surface area contributed by atoms with Crippen LogP contribution in [-0.4, -0.2) is 47.4 Å². The van der Waals surface area contributed by atoms with E-state index in [1.807, 2.05) is 6.92 Å². The average molecular weight is 282 g/mol. The largest absolute Gasteiger partial charge is 0.340 e. The third-order valence-corrected chi connectivity index (χ3v) is 3.91. The highest BCUT2D eigenvalue weighted by Gasteiger charge is 2.49. The van der Waals surface area contributed by atoms with Gasteiger partial charge in [0.25, 0.3) is 5.91 Å². The number of amides is 4. The first-order chi connectivity index (χ1) is 9.43. The molecule has 2 unspecified atom stereocenters. The van der Waals surface area contributed by atoms with Gasteiger partial charge in [-0.15, -0.1) is 0 Å². The van der Waals surface area contributed by atoms with Gasteiger partial charge < -0.3 is 16.0 Å². The zero-order valence-corrected chi connectivity index (χ0v) is 11.8. The molecule has 0 aromatic rings. The van der Waals surface area contributed by atoms with Crippen LogP contribution in [0.1, 0.15) is 39.0 Å². The van der Waals surface area contributed by atoms with E-state index in [0.717, 1.165) is 12.8 Å². The van der Waals surface area contributed by atoms with Crippen molar-refractivity contribution >= 4 is 17.8 Å². The van der Waals surface area contributed by atoms with Gasteiger partial charge in [0.15, 0.2) is 0 Å². The molecule has 0 aromatic carbocycles. The number of nitrogens with two attached hydrogens (primary N) is 1. The van der Waals surface area contributed by atoms with Crippen molar-refractivity contribution in [3.63, 3.8) is 0 Å². The van der Waals surface area contributed by atoms with E-state index >= 15 is 0 Å². The predicted octanol–water partition coefficient (Wildman–Crippen LogP) is -0.295. The smallest absolute Gasteiger partial charge is 0.322 e. The number of carbonyl (C=O) groups is 3. The Labute approximate surface area is 118 Å². The lowest BCUT2D eigenvalue weighted by Crippen LogP contribution is -2.59. The second-order valence-electron chi connectivity index (χ2n) is 5.78. The molecule has 2 aliphatic rings. The first-order valence-electron chi connectivity index (χ1n) is 7.10. The van der Waals surface area contributed by atoms with Crippen LogP contribution in [0.5, 0.6) is 0 Å². The Morgan fingerprint density at radius 2 is 2.25 bits per heavy atom. The monoisotopic (exact) mass is 282 g/mol. The topological polar surface area (TPSA) is 105 Å². The van der Waals surface area contributed by atoms with Crippen molar-refractivity contribution in [2.75, 3.05) is 13.1 Å². The van der Waals surface area contributed by atoms with Crippen molar-refractivity contribution in [3.8, 4) is 0 Å². The highest BCUT2D eigenvalue weighted by Crippen LogP contribution is 2.25. The fourth-order valence-corrected chi connectivity index (χ4v) is 2.82. The van der Waals surface area contributed by atoms with E-state index in [1.54, 1.807) is 4.90 Å². The molecule has 20 heavy (non-hydrogen) atoms. The zero-order chi connectivity index (χ0) is 14.8. The molecule has 0 aliphatic carbocycles. The van der Waals surface area contributed by atoms with Crippen LogP contribution in [0, 0.1) is 0 Å². The minimum absolute atomic E-state index is 0.0265. The molecule has 4 N–H and O–H groups in total. The average Bonchev–Trinajstić information content (AvgIpc) is 2.63. The maximum atomic E-state index is 12.1. The van der Waals surface area contributed by atoms with Gasteiger partial charge in [-0.1, -0.05) is 0 Å². The number of carbonyl (C=O) groups excluding carboxylic acids is 3. The van der Waals surface area contributed by atoms with Gasteiger partial charge in [-0.05, 0) is 32.6 Å². The third-order valence-electron chi connectivity index (χ3n) is 3.91. The molecule has 2 heterocycles. The zero-order valence-electron chi connectivity index (χ0n) is 11.8. The molecule has 7 heteroatoms. The molecule has 0 bridgehead atoms. The van der Waals surface area contributed by atoms with Crippen LogP contribution < -0.4 is 16.4 Å². The fraction of sp³-hybridized carbons (Fsp3) is 0.769. The standard InChI is InChI=1S/C13H22N4O3/c1-9(14)4-2-5-10(18)17-7-3-6-13(8-17)11(19)15-12(20)16-13/h9H,2-8,14H2,1H3,(H2,15,16,19,20). The van der Waals surface area contributed by atoms with Crippen LogP contribution in [0.4, 0.5) is 4.79 Å². The maximum Gasteiger partial charge on any atom is 0.322 e. The first kappa shape index (κ1) is 14.8. The van der Waals surface area contributed by atoms with Gasteiger partial charge in [0.05, 0.1) is 6.54 Å². The SMILES string of the molecule is CC(N)CCCC(=O)N1CCCC2(C1)NC(=O)NC2=O. The summed E-state index contributed by atoms with van der Waals surface area (Å²) in [5.74, 6) is -0.297. The molecular formula is C13H22N4O3. The van der Waals surface area contributed by atoms with Gasteiger partial charge >= 0.3 is 6.03 Å². The molecule has 2 saturated heterocycles. The molecule has 1 spiro atoms. The second kappa shape index (κ2) is 5.78. The first-order valence-corrected chi connectivity index (χ1v) is 7.10. The Hall–Kier alpha value is -1.63. The van der Waals surface area contributed by atoms with Crippen molar-refractivity contribution in [1.29, 1.82) is 0 Å². The molecule has 2 fully saturated rings. The summed E-state index contributed by atoms with van der Waals surface area (Å²) in [6, 6.07) is -0.378. The van der Waals surface area contributed by atoms with Crippen LogP contribution in [0.15, 0.2) is 0 Å². The summed E-state index contributed by atoms with van der Waals surface area (Å²) in [6.45, 7) is 2.82. The lowest BCUT2D eigenvalue weighted by molar-refractivity contribution is -0.136. The van der Waals surface area contributed by atoms with Gasteiger partial charge in [-0.2, -0.15) is 0 Å². The Kier molecular flexibility index (Phi) is 4.27. The molecule has 4 amide bonds. The number of nitrogens with zero attached hydrogens (tertiary/aromatic N) is 1. The van der Waals surface area contributed by atoms with E-state index in [1.165, 1.54) is 0 Å². The maximum absolute atomic E-state index is 12.1. The highest BCUT2D eigenvalue weighted by molar-refractivity contribution is 6.07. The molecule has 2 rings (SSSR count). The van der Waals surface area contributed by atoms with Crippen LogP contribution in [0.3, 0.4) is 0 Å². The second-order valence-corrected chi connectivity index (χ2v) is 5.78. The van der Waals surface area contributed by atoms with Gasteiger partial charge in [0, 0.05) is 19.0 Å². The predicted molar refractivity (Wildman–Crippen MR) is 72.7 cm³/mol. The molecule has 0 aromatic heterocycles. The molecule has 0 saturated carbocycles. The van der Waals surface area contributed by atoms with Gasteiger partial charge in [0.2, 0.25) is 5.91 Å². The summed E-state index contributed by atoms with van der Waals surface area (Å²) in [6.07, 6.45) is 3.29. The number of hydrogen-bond donors (Lipinski definition) is 3. The summed E-state index contributed by atoms with van der Waals surface area (Å²) < 4.78 is 0. The van der Waals surface area contributed by atoms with E-state index in [0.29, 0.717) is 25.8 Å². The molecule has 2 atom stereocenters.